The van der Waals surface area contributed by atoms with Gasteiger partial charge in [-0.3, -0.25) is 42.8 Å². The number of aryl methyl sites for hydroxylation is 3. The first-order valence-electron chi connectivity index (χ1n) is 42.4. The van der Waals surface area contributed by atoms with E-state index in [2.05, 4.69) is 81.6 Å². The Morgan fingerprint density at radius 3 is 0.961 bits per heavy atom. The first-order valence-corrected chi connectivity index (χ1v) is 42.4. The number of aromatic nitrogens is 6. The smallest absolute Gasteiger partial charge is 0.319 e. The summed E-state index contributed by atoms with van der Waals surface area (Å²) in [5.74, 6) is 0.833. The second kappa shape index (κ2) is 42.4. The first-order chi connectivity index (χ1) is 59.0. The Balaban J connectivity index is 0.000000213. The first kappa shape index (κ1) is 99.3. The molecule has 33 heteroatoms. The molecule has 0 spiro atoms. The van der Waals surface area contributed by atoms with Crippen LogP contribution in [-0.2, 0) is 76.6 Å². The summed E-state index contributed by atoms with van der Waals surface area (Å²) in [5, 5.41) is 32.5. The highest BCUT2D eigenvalue weighted by atomic mass is 32.1. The maximum absolute atomic E-state index is 13.7. The molecule has 0 radical (unpaired) electrons. The molecule has 2 unspecified atom stereocenters. The molecule has 6 aliphatic rings. The van der Waals surface area contributed by atoms with Gasteiger partial charge in [-0.15, -0.1) is 0 Å². The molecule has 6 N–H and O–H groups in total. The number of hydrogen-bond donors (Lipinski definition) is 6. The lowest BCUT2D eigenvalue weighted by molar-refractivity contribution is -0.130. The molecule has 3 aromatic heterocycles. The summed E-state index contributed by atoms with van der Waals surface area (Å²) in [6.07, 6.45) is 6.95. The molecule has 30 nitrogen and oxygen atoms in total. The number of piperidine rings is 1. The Hall–Kier alpha value is -11.5. The Kier molecular flexibility index (Phi) is 33.2. The molecule has 680 valence electrons. The fraction of sp³-hybridized carbons (Fsp3) is 0.426. The van der Waals surface area contributed by atoms with Crippen LogP contribution in [0, 0.1) is 5.92 Å². The lowest BCUT2D eigenvalue weighted by Crippen LogP contribution is -2.49. The lowest BCUT2D eigenvalue weighted by atomic mass is 9.95. The van der Waals surface area contributed by atoms with E-state index >= 15 is 0 Å². The third kappa shape index (κ3) is 22.4. The van der Waals surface area contributed by atoms with E-state index in [1.54, 1.807) is 43.4 Å². The van der Waals surface area contributed by atoms with E-state index in [-0.39, 0.29) is 130 Å². The van der Waals surface area contributed by atoms with Crippen LogP contribution in [0.3, 0.4) is 0 Å². The monoisotopic (exact) mass is 1790 g/mol. The van der Waals surface area contributed by atoms with E-state index in [1.165, 1.54) is 18.2 Å². The second-order valence-electron chi connectivity index (χ2n) is 35.3. The van der Waals surface area contributed by atoms with Crippen LogP contribution in [0.5, 0.6) is 0 Å². The Morgan fingerprint density at radius 1 is 0.402 bits per heavy atom. The average Bonchev–Trinajstić information content (AvgIpc) is 1.59. The summed E-state index contributed by atoms with van der Waals surface area (Å²) in [6.45, 7) is 29.4. The third-order valence-corrected chi connectivity index (χ3v) is 24.7. The van der Waals surface area contributed by atoms with Gasteiger partial charge in [-0.05, 0) is 180 Å². The second-order valence-corrected chi connectivity index (χ2v) is 35.3. The SMILES string of the molecule is C=CC(=O)N1CCC(C(=O)Nc2nn(C)c3c2CN(C(=O)N[C@H](CN(C)C)c2ccccc2)C3(C)C)CC1.C=CC(=O)N1CCC(c2ccc(C(=O)Nc3nn(C)c4c3CN(C(=O)N[C@H](CN(C)C)c3ccccc3)C4(C)C)cc2)C1.C=CC(=O)N1CCC(c2ccc(C(=O)Nc3nn(C)c4c3CN(C(=O)N[C@H](CN(C)C)c3ccccc3)C4(C)C)cc2)C1.S.S.S. The van der Waals surface area contributed by atoms with Crippen LogP contribution >= 0.6 is 40.5 Å². The number of urea groups is 3. The summed E-state index contributed by atoms with van der Waals surface area (Å²) >= 11 is 0. The number of fused-ring (bicyclic) bond motifs is 3. The van der Waals surface area contributed by atoms with E-state index in [4.69, 9.17) is 0 Å². The van der Waals surface area contributed by atoms with Crippen LogP contribution in [0.15, 0.2) is 177 Å². The summed E-state index contributed by atoms with van der Waals surface area (Å²) < 4.78 is 5.27. The molecule has 3 saturated heterocycles. The van der Waals surface area contributed by atoms with Crippen molar-refractivity contribution in [2.75, 3.05) is 117 Å². The normalized spacial score (nSPS) is 17.5. The van der Waals surface area contributed by atoms with Gasteiger partial charge in [-0.1, -0.05) is 135 Å². The number of nitrogens with zero attached hydrogens (tertiary/aromatic N) is 15. The molecule has 14 rings (SSSR count). The van der Waals surface area contributed by atoms with Gasteiger partial charge >= 0.3 is 18.1 Å². The van der Waals surface area contributed by atoms with Crippen LogP contribution < -0.4 is 31.9 Å². The van der Waals surface area contributed by atoms with Gasteiger partial charge in [0.1, 0.15) is 0 Å². The lowest BCUT2D eigenvalue weighted by Gasteiger charge is -2.34. The third-order valence-electron chi connectivity index (χ3n) is 24.7. The number of likely N-dealkylation sites (N-methyl/N-ethyl adjacent to an activating group) is 3. The zero-order valence-corrected chi connectivity index (χ0v) is 78.8. The molecule has 0 aliphatic carbocycles. The molecular formula is C94H127N21O9S3. The summed E-state index contributed by atoms with van der Waals surface area (Å²) in [4.78, 5) is 133. The topological polar surface area (TPSA) is 308 Å². The maximum Gasteiger partial charge on any atom is 0.319 e. The van der Waals surface area contributed by atoms with E-state index in [0.717, 1.165) is 74.4 Å². The van der Waals surface area contributed by atoms with Crippen molar-refractivity contribution in [3.63, 3.8) is 0 Å². The predicted molar refractivity (Wildman–Crippen MR) is 510 cm³/mol. The van der Waals surface area contributed by atoms with Crippen molar-refractivity contribution in [2.24, 2.45) is 27.1 Å². The summed E-state index contributed by atoms with van der Waals surface area (Å²) in [7, 11) is 17.4. The van der Waals surface area contributed by atoms with Crippen molar-refractivity contribution in [2.45, 2.75) is 133 Å². The highest BCUT2D eigenvalue weighted by molar-refractivity contribution is 7.59. The fourth-order valence-electron chi connectivity index (χ4n) is 18.3. The predicted octanol–water partition coefficient (Wildman–Crippen LogP) is 11.7. The van der Waals surface area contributed by atoms with Crippen LogP contribution in [-0.4, -0.2) is 228 Å². The van der Waals surface area contributed by atoms with Crippen molar-refractivity contribution in [3.05, 3.63) is 250 Å². The number of rotatable bonds is 23. The molecular weight excluding hydrogens is 1660 g/mol. The molecule has 12 amide bonds. The van der Waals surface area contributed by atoms with Crippen molar-refractivity contribution in [1.29, 1.82) is 0 Å². The van der Waals surface area contributed by atoms with E-state index in [1.807, 2.05) is 244 Å². The summed E-state index contributed by atoms with van der Waals surface area (Å²) in [6, 6.07) is 43.9. The number of carbonyl (C=O) groups excluding carboxylic acids is 9. The van der Waals surface area contributed by atoms with Crippen molar-refractivity contribution < 1.29 is 43.2 Å². The minimum atomic E-state index is -0.646. The number of amides is 12. The quantitative estimate of drug-likeness (QED) is 0.0324. The molecule has 8 aromatic rings. The highest BCUT2D eigenvalue weighted by Crippen LogP contribution is 2.46. The minimum Gasteiger partial charge on any atom is -0.339 e. The van der Waals surface area contributed by atoms with Gasteiger partial charge in [0.25, 0.3) is 11.8 Å². The Morgan fingerprint density at radius 2 is 0.677 bits per heavy atom. The molecule has 0 saturated carbocycles. The van der Waals surface area contributed by atoms with E-state index in [9.17, 15) is 43.2 Å². The van der Waals surface area contributed by atoms with Gasteiger partial charge in [0.2, 0.25) is 23.6 Å². The number of benzene rings is 5. The van der Waals surface area contributed by atoms with Gasteiger partial charge in [0.15, 0.2) is 17.5 Å². The molecule has 6 aliphatic heterocycles. The molecule has 3 fully saturated rings. The van der Waals surface area contributed by atoms with Crippen LogP contribution in [0.25, 0.3) is 0 Å². The number of hydrogen-bond acceptors (Lipinski definition) is 15. The standard InChI is InChI=1S/2C33H41N7O3.C28H39N7O3.3H2S/c2*1-7-28(41)39-18-17-25(19-39)22-13-15-24(16-14-22)31(42)35-30-26-20-40(33(2,3)29(26)38(6)36-30)32(43)34-27(21-37(4)5)23-11-9-8-10-12-23;1-7-23(36)34-15-13-20(14-16-34)26(37)30-25-21-17-35(28(2,3)24(21)33(6)31-25)27(38)29-22(18-32(4)5)19-11-9-8-10-12-19;;;/h2*7-16,25,27H,1,17-21H2,2-6H3,(H,34,43)(H,35,36,42);7-12,20,22H,1,13-18H2,2-6H3,(H,29,38)(H,30,31,37);3*1H2/t2*25?,27-;22-;;;/m111.../s1. The fourth-order valence-corrected chi connectivity index (χ4v) is 18.3. The van der Waals surface area contributed by atoms with Crippen molar-refractivity contribution in [1.82, 2.24) is 89.4 Å². The van der Waals surface area contributed by atoms with Gasteiger partial charge in [-0.2, -0.15) is 55.8 Å². The molecule has 0 bridgehead atoms. The average molecular weight is 1790 g/mol. The highest BCUT2D eigenvalue weighted by Gasteiger charge is 2.49. The van der Waals surface area contributed by atoms with Gasteiger partial charge in [0.05, 0.1) is 71.5 Å². The molecule has 127 heavy (non-hydrogen) atoms. The Bertz CT molecular complexity index is 5030. The number of nitrogens with one attached hydrogen (secondary N) is 6. The molecule has 5 aromatic carbocycles. The summed E-state index contributed by atoms with van der Waals surface area (Å²) in [5.41, 5.74) is 9.61. The number of carbonyl (C=O) groups is 9. The van der Waals surface area contributed by atoms with Gasteiger partial charge in [-0.25, -0.2) is 14.4 Å². The zero-order valence-electron chi connectivity index (χ0n) is 75.8. The number of anilines is 3. The van der Waals surface area contributed by atoms with E-state index < -0.39 is 16.6 Å². The van der Waals surface area contributed by atoms with Crippen molar-refractivity contribution in [3.8, 4) is 0 Å². The maximum atomic E-state index is 13.7. The van der Waals surface area contributed by atoms with Crippen LogP contribution in [0.2, 0.25) is 0 Å². The molecule has 9 heterocycles. The Labute approximate surface area is 767 Å². The van der Waals surface area contributed by atoms with E-state index in [0.29, 0.717) is 120 Å². The van der Waals surface area contributed by atoms with Gasteiger partial charge in [0, 0.05) is 126 Å². The van der Waals surface area contributed by atoms with Gasteiger partial charge < -0.3 is 76.0 Å². The van der Waals surface area contributed by atoms with Crippen LogP contribution in [0.4, 0.5) is 31.8 Å². The minimum absolute atomic E-state index is 0. The molecule has 5 atom stereocenters. The van der Waals surface area contributed by atoms with Crippen molar-refractivity contribution >= 4 is 111 Å². The number of likely N-dealkylation sites (tertiary alicyclic amines) is 3. The zero-order chi connectivity index (χ0) is 89.4. The van der Waals surface area contributed by atoms with Crippen LogP contribution in [0.1, 0.15) is 179 Å². The largest absolute Gasteiger partial charge is 0.339 e.